The molecule has 3 heterocycles. The minimum atomic E-state index is 0.208. The van der Waals surface area contributed by atoms with Crippen LogP contribution in [-0.4, -0.2) is 32.4 Å². The van der Waals surface area contributed by atoms with E-state index in [0.29, 0.717) is 16.8 Å². The molecule has 0 saturated carbocycles. The maximum atomic E-state index is 8.41. The van der Waals surface area contributed by atoms with Gasteiger partial charge in [0.15, 0.2) is 22.6 Å². The predicted octanol–water partition coefficient (Wildman–Crippen LogP) is 2.31. The maximum Gasteiger partial charge on any atom is 0.231 e. The summed E-state index contributed by atoms with van der Waals surface area (Å²) < 4.78 is 13.8. The second kappa shape index (κ2) is 6.10. The van der Waals surface area contributed by atoms with Crippen molar-refractivity contribution in [2.75, 3.05) is 6.79 Å². The van der Waals surface area contributed by atoms with E-state index in [1.54, 1.807) is 17.1 Å². The van der Waals surface area contributed by atoms with Crippen molar-refractivity contribution in [3.63, 3.8) is 0 Å². The van der Waals surface area contributed by atoms with E-state index >= 15 is 0 Å². The van der Waals surface area contributed by atoms with Crippen LogP contribution in [0.15, 0.2) is 66.2 Å². The first-order chi connectivity index (χ1) is 13.3. The normalized spacial score (nSPS) is 12.9. The number of ether oxygens (including phenoxy) is 2. The van der Waals surface area contributed by atoms with Gasteiger partial charge >= 0.3 is 0 Å². The third-order valence-electron chi connectivity index (χ3n) is 4.25. The fourth-order valence-corrected chi connectivity index (χ4v) is 2.89. The molecule has 2 aromatic heterocycles. The average Bonchev–Trinajstić information content (AvgIpc) is 3.35. The molecule has 0 saturated heterocycles. The van der Waals surface area contributed by atoms with Crippen LogP contribution in [0.25, 0.3) is 16.7 Å². The molecule has 0 fully saturated rings. The summed E-state index contributed by atoms with van der Waals surface area (Å²) in [4.78, 5) is 4.43. The average molecular weight is 358 g/mol. The van der Waals surface area contributed by atoms with E-state index in [9.17, 15) is 0 Å². The largest absolute Gasteiger partial charge is 0.454 e. The molecule has 8 heteroatoms. The maximum absolute atomic E-state index is 8.41. The lowest BCUT2D eigenvalue weighted by molar-refractivity contribution is 0.174. The van der Waals surface area contributed by atoms with Gasteiger partial charge in [0.1, 0.15) is 6.33 Å². The summed E-state index contributed by atoms with van der Waals surface area (Å²) in [5.74, 6) is 1.41. The van der Waals surface area contributed by atoms with Crippen LogP contribution in [0.5, 0.6) is 11.5 Å². The molecule has 27 heavy (non-hydrogen) atoms. The SMILES string of the molecule is N=c1c2cnn(-c3ccccc3)c2ncn1/N=C/c1ccc2c(c1)OCO2. The molecule has 1 aliphatic heterocycles. The topological polar surface area (TPSA) is 90.3 Å². The highest BCUT2D eigenvalue weighted by Crippen LogP contribution is 2.31. The molecule has 2 aromatic carbocycles. The summed E-state index contributed by atoms with van der Waals surface area (Å²) in [6, 6.07) is 15.2. The summed E-state index contributed by atoms with van der Waals surface area (Å²) in [7, 11) is 0. The van der Waals surface area contributed by atoms with Crippen molar-refractivity contribution in [3.8, 4) is 17.2 Å². The molecule has 1 N–H and O–H groups in total. The molecule has 0 unspecified atom stereocenters. The van der Waals surface area contributed by atoms with Gasteiger partial charge in [-0.1, -0.05) is 18.2 Å². The van der Waals surface area contributed by atoms with E-state index < -0.39 is 0 Å². The number of para-hydroxylation sites is 1. The second-order valence-corrected chi connectivity index (χ2v) is 5.92. The predicted molar refractivity (Wildman–Crippen MR) is 98.3 cm³/mol. The molecule has 8 nitrogen and oxygen atoms in total. The Bertz CT molecular complexity index is 1230. The minimum Gasteiger partial charge on any atom is -0.454 e. The Kier molecular flexibility index (Phi) is 3.46. The molecular weight excluding hydrogens is 344 g/mol. The number of fused-ring (bicyclic) bond motifs is 2. The van der Waals surface area contributed by atoms with Crippen molar-refractivity contribution in [2.24, 2.45) is 5.10 Å². The van der Waals surface area contributed by atoms with E-state index in [0.717, 1.165) is 17.0 Å². The summed E-state index contributed by atoms with van der Waals surface area (Å²) >= 11 is 0. The van der Waals surface area contributed by atoms with E-state index in [1.807, 2.05) is 48.5 Å². The van der Waals surface area contributed by atoms with Gasteiger partial charge in [-0.3, -0.25) is 5.41 Å². The quantitative estimate of drug-likeness (QED) is 0.569. The minimum absolute atomic E-state index is 0.208. The van der Waals surface area contributed by atoms with Crippen molar-refractivity contribution in [1.29, 1.82) is 5.41 Å². The van der Waals surface area contributed by atoms with E-state index in [2.05, 4.69) is 15.2 Å². The van der Waals surface area contributed by atoms with Gasteiger partial charge in [0.05, 0.1) is 23.5 Å². The molecule has 0 amide bonds. The summed E-state index contributed by atoms with van der Waals surface area (Å²) in [6.07, 6.45) is 4.79. The number of hydrogen-bond donors (Lipinski definition) is 1. The zero-order chi connectivity index (χ0) is 18.2. The van der Waals surface area contributed by atoms with Crippen molar-refractivity contribution in [3.05, 3.63) is 72.1 Å². The molecule has 5 rings (SSSR count). The van der Waals surface area contributed by atoms with Gasteiger partial charge in [0.2, 0.25) is 6.79 Å². The van der Waals surface area contributed by atoms with Gasteiger partial charge in [-0.25, -0.2) is 14.3 Å². The zero-order valence-corrected chi connectivity index (χ0v) is 14.1. The Morgan fingerprint density at radius 3 is 2.81 bits per heavy atom. The summed E-state index contributed by atoms with van der Waals surface area (Å²) in [5.41, 5.74) is 2.55. The van der Waals surface area contributed by atoms with Crippen molar-refractivity contribution >= 4 is 17.2 Å². The molecule has 1 aliphatic rings. The van der Waals surface area contributed by atoms with Crippen LogP contribution in [0, 0.1) is 5.41 Å². The Morgan fingerprint density at radius 2 is 1.93 bits per heavy atom. The van der Waals surface area contributed by atoms with Gasteiger partial charge in [-0.2, -0.15) is 10.2 Å². The summed E-state index contributed by atoms with van der Waals surface area (Å²) in [5, 5.41) is 17.7. The molecular formula is C19H14N6O2. The number of nitrogens with zero attached hydrogens (tertiary/aromatic N) is 5. The second-order valence-electron chi connectivity index (χ2n) is 5.92. The first-order valence-corrected chi connectivity index (χ1v) is 8.29. The van der Waals surface area contributed by atoms with Crippen LogP contribution >= 0.6 is 0 Å². The van der Waals surface area contributed by atoms with Crippen molar-refractivity contribution in [2.45, 2.75) is 0 Å². The van der Waals surface area contributed by atoms with E-state index in [-0.39, 0.29) is 12.3 Å². The van der Waals surface area contributed by atoms with Crippen LogP contribution in [0.1, 0.15) is 5.56 Å². The fourth-order valence-electron chi connectivity index (χ4n) is 2.89. The van der Waals surface area contributed by atoms with E-state index in [1.165, 1.54) is 11.0 Å². The lowest BCUT2D eigenvalue weighted by Crippen LogP contribution is -2.17. The van der Waals surface area contributed by atoms with Gasteiger partial charge in [0.25, 0.3) is 0 Å². The lowest BCUT2D eigenvalue weighted by atomic mass is 10.2. The molecule has 0 bridgehead atoms. The first kappa shape index (κ1) is 15.3. The number of aromatic nitrogens is 4. The summed E-state index contributed by atoms with van der Waals surface area (Å²) in [6.45, 7) is 0.230. The number of nitrogens with one attached hydrogen (secondary N) is 1. The van der Waals surface area contributed by atoms with Crippen molar-refractivity contribution in [1.82, 2.24) is 19.4 Å². The molecule has 0 radical (unpaired) electrons. The molecule has 0 spiro atoms. The van der Waals surface area contributed by atoms with Crippen LogP contribution in [0.4, 0.5) is 0 Å². The Balaban J connectivity index is 1.51. The number of hydrogen-bond acceptors (Lipinski definition) is 6. The smallest absolute Gasteiger partial charge is 0.231 e. The van der Waals surface area contributed by atoms with Gasteiger partial charge in [0, 0.05) is 0 Å². The highest BCUT2D eigenvalue weighted by Gasteiger charge is 2.13. The standard InChI is InChI=1S/C19H14N6O2/c20-18-15-10-23-25(14-4-2-1-3-5-14)19(15)21-11-24(18)22-9-13-6-7-16-17(8-13)27-12-26-16/h1-11,20H,12H2/b20-18?,22-9+. The van der Waals surface area contributed by atoms with Crippen LogP contribution in [0.3, 0.4) is 0 Å². The first-order valence-electron chi connectivity index (χ1n) is 8.29. The van der Waals surface area contributed by atoms with Crippen LogP contribution in [0.2, 0.25) is 0 Å². The van der Waals surface area contributed by atoms with Gasteiger partial charge in [-0.15, -0.1) is 0 Å². The molecule has 4 aromatic rings. The van der Waals surface area contributed by atoms with Gasteiger partial charge in [-0.05, 0) is 35.9 Å². The van der Waals surface area contributed by atoms with Crippen LogP contribution < -0.4 is 15.0 Å². The third kappa shape index (κ3) is 2.63. The number of benzene rings is 2. The van der Waals surface area contributed by atoms with E-state index in [4.69, 9.17) is 14.9 Å². The highest BCUT2D eigenvalue weighted by molar-refractivity contribution is 5.81. The monoisotopic (exact) mass is 358 g/mol. The zero-order valence-electron chi connectivity index (χ0n) is 14.1. The van der Waals surface area contributed by atoms with Crippen molar-refractivity contribution < 1.29 is 9.47 Å². The Morgan fingerprint density at radius 1 is 1.07 bits per heavy atom. The highest BCUT2D eigenvalue weighted by atomic mass is 16.7. The van der Waals surface area contributed by atoms with Crippen LogP contribution in [-0.2, 0) is 0 Å². The number of rotatable bonds is 3. The molecule has 132 valence electrons. The molecule has 0 atom stereocenters. The lowest BCUT2D eigenvalue weighted by Gasteiger charge is -2.03. The third-order valence-corrected chi connectivity index (χ3v) is 4.25. The Labute approximate surface area is 153 Å². The molecule has 0 aliphatic carbocycles. The fraction of sp³-hybridized carbons (Fsp3) is 0.0526. The Hall–Kier alpha value is -3.94. The van der Waals surface area contributed by atoms with Gasteiger partial charge < -0.3 is 9.47 Å².